The fourth-order valence-electron chi connectivity index (χ4n) is 1.63. The molecule has 4 heteroatoms. The summed E-state index contributed by atoms with van der Waals surface area (Å²) in [5.41, 5.74) is 1.64. The summed E-state index contributed by atoms with van der Waals surface area (Å²) in [5.74, 6) is -0.550. The first kappa shape index (κ1) is 12.6. The zero-order valence-electron chi connectivity index (χ0n) is 9.80. The van der Waals surface area contributed by atoms with E-state index in [0.29, 0.717) is 15.8 Å². The predicted molar refractivity (Wildman–Crippen MR) is 71.2 cm³/mol. The van der Waals surface area contributed by atoms with Gasteiger partial charge in [0.25, 0.3) is 5.91 Å². The zero-order chi connectivity index (χ0) is 13.1. The van der Waals surface area contributed by atoms with Gasteiger partial charge in [-0.3, -0.25) is 10.0 Å². The molecule has 0 radical (unpaired) electrons. The normalized spacial score (nSPS) is 10.2. The Kier molecular flexibility index (Phi) is 3.65. The van der Waals surface area contributed by atoms with E-state index in [1.165, 1.54) is 0 Å². The fraction of sp³-hybridized carbons (Fsp3) is 0.0714. The SMILES string of the molecule is Cc1cccc(N(O)C(=O)c2ccccc2Cl)c1. The fourth-order valence-corrected chi connectivity index (χ4v) is 1.84. The minimum absolute atomic E-state index is 0.267. The number of aryl methyl sites for hydroxylation is 1. The van der Waals surface area contributed by atoms with Crippen molar-refractivity contribution in [1.29, 1.82) is 0 Å². The van der Waals surface area contributed by atoms with Crippen LogP contribution in [0, 0.1) is 6.92 Å². The summed E-state index contributed by atoms with van der Waals surface area (Å²) in [7, 11) is 0. The van der Waals surface area contributed by atoms with E-state index in [0.717, 1.165) is 5.56 Å². The van der Waals surface area contributed by atoms with E-state index in [2.05, 4.69) is 0 Å². The third kappa shape index (κ3) is 2.53. The molecule has 92 valence electrons. The molecule has 2 rings (SSSR count). The lowest BCUT2D eigenvalue weighted by atomic mass is 10.2. The molecule has 0 fully saturated rings. The predicted octanol–water partition coefficient (Wildman–Crippen LogP) is 3.68. The van der Waals surface area contributed by atoms with Crippen molar-refractivity contribution in [3.05, 3.63) is 64.7 Å². The van der Waals surface area contributed by atoms with Gasteiger partial charge in [0.05, 0.1) is 16.3 Å². The Morgan fingerprint density at radius 2 is 1.89 bits per heavy atom. The Labute approximate surface area is 110 Å². The van der Waals surface area contributed by atoms with Gasteiger partial charge in [-0.25, -0.2) is 0 Å². The van der Waals surface area contributed by atoms with Gasteiger partial charge in [0.15, 0.2) is 0 Å². The van der Waals surface area contributed by atoms with Crippen LogP contribution in [0.2, 0.25) is 5.02 Å². The molecule has 1 N–H and O–H groups in total. The Hall–Kier alpha value is -1.84. The molecular formula is C14H12ClNO2. The highest BCUT2D eigenvalue weighted by Gasteiger charge is 2.17. The number of hydrogen-bond acceptors (Lipinski definition) is 2. The lowest BCUT2D eigenvalue weighted by molar-refractivity contribution is 0.0855. The average molecular weight is 262 g/mol. The maximum atomic E-state index is 12.1. The van der Waals surface area contributed by atoms with Gasteiger partial charge in [-0.15, -0.1) is 0 Å². The number of carbonyl (C=O) groups is 1. The number of amides is 1. The molecule has 2 aromatic rings. The van der Waals surface area contributed by atoms with Crippen LogP contribution in [0.25, 0.3) is 0 Å². The molecule has 2 aromatic carbocycles. The lowest BCUT2D eigenvalue weighted by Crippen LogP contribution is -2.27. The largest absolute Gasteiger partial charge is 0.283 e. The Bertz CT molecular complexity index is 584. The van der Waals surface area contributed by atoms with Crippen molar-refractivity contribution in [2.24, 2.45) is 0 Å². The zero-order valence-corrected chi connectivity index (χ0v) is 10.6. The minimum Gasteiger partial charge on any atom is -0.281 e. The molecule has 0 aliphatic heterocycles. The van der Waals surface area contributed by atoms with Crippen LogP contribution in [0.15, 0.2) is 48.5 Å². The molecule has 3 nitrogen and oxygen atoms in total. The summed E-state index contributed by atoms with van der Waals surface area (Å²) in [4.78, 5) is 12.1. The molecule has 0 heterocycles. The quantitative estimate of drug-likeness (QED) is 0.662. The number of anilines is 1. The van der Waals surface area contributed by atoms with E-state index in [4.69, 9.17) is 11.6 Å². The van der Waals surface area contributed by atoms with Crippen molar-refractivity contribution >= 4 is 23.2 Å². The summed E-state index contributed by atoms with van der Waals surface area (Å²) >= 11 is 5.92. The molecule has 1 amide bonds. The highest BCUT2D eigenvalue weighted by molar-refractivity contribution is 6.34. The van der Waals surface area contributed by atoms with Crippen molar-refractivity contribution in [2.75, 3.05) is 5.06 Å². The summed E-state index contributed by atoms with van der Waals surface area (Å²) in [6, 6.07) is 13.6. The number of rotatable bonds is 2. The molecule has 0 atom stereocenters. The first-order chi connectivity index (χ1) is 8.59. The van der Waals surface area contributed by atoms with Crippen molar-refractivity contribution in [3.63, 3.8) is 0 Å². The number of hydrogen-bond donors (Lipinski definition) is 1. The van der Waals surface area contributed by atoms with Gasteiger partial charge in [0.1, 0.15) is 0 Å². The molecule has 0 aliphatic carbocycles. The molecule has 18 heavy (non-hydrogen) atoms. The van der Waals surface area contributed by atoms with Crippen LogP contribution in [-0.2, 0) is 0 Å². The molecule has 0 saturated heterocycles. The van der Waals surface area contributed by atoms with E-state index in [1.54, 1.807) is 42.5 Å². The Morgan fingerprint density at radius 1 is 1.17 bits per heavy atom. The van der Waals surface area contributed by atoms with Crippen LogP contribution in [0.1, 0.15) is 15.9 Å². The molecule has 0 unspecified atom stereocenters. The van der Waals surface area contributed by atoms with E-state index in [1.807, 2.05) is 13.0 Å². The molecule has 0 spiro atoms. The Balaban J connectivity index is 2.32. The van der Waals surface area contributed by atoms with Gasteiger partial charge in [0.2, 0.25) is 0 Å². The maximum absolute atomic E-state index is 12.1. The molecule has 0 aliphatic rings. The van der Waals surface area contributed by atoms with Crippen molar-refractivity contribution in [3.8, 4) is 0 Å². The van der Waals surface area contributed by atoms with Gasteiger partial charge in [-0.2, -0.15) is 5.06 Å². The van der Waals surface area contributed by atoms with Crippen molar-refractivity contribution < 1.29 is 10.0 Å². The van der Waals surface area contributed by atoms with Crippen LogP contribution >= 0.6 is 11.6 Å². The Morgan fingerprint density at radius 3 is 2.56 bits per heavy atom. The standard InChI is InChI=1S/C14H12ClNO2/c1-10-5-4-6-11(9-10)16(18)14(17)12-7-2-3-8-13(12)15/h2-9,18H,1H3. The van der Waals surface area contributed by atoms with E-state index < -0.39 is 5.91 Å². The third-order valence-corrected chi connectivity index (χ3v) is 2.87. The van der Waals surface area contributed by atoms with E-state index >= 15 is 0 Å². The second-order valence-electron chi connectivity index (χ2n) is 3.94. The topological polar surface area (TPSA) is 40.5 Å². The second kappa shape index (κ2) is 5.21. The number of carbonyl (C=O) groups excluding carboxylic acids is 1. The lowest BCUT2D eigenvalue weighted by Gasteiger charge is -2.16. The highest BCUT2D eigenvalue weighted by Crippen LogP contribution is 2.21. The number of nitrogens with zero attached hydrogens (tertiary/aromatic N) is 1. The monoisotopic (exact) mass is 261 g/mol. The number of hydroxylamine groups is 1. The maximum Gasteiger partial charge on any atom is 0.283 e. The van der Waals surface area contributed by atoms with Gasteiger partial charge >= 0.3 is 0 Å². The van der Waals surface area contributed by atoms with E-state index in [9.17, 15) is 10.0 Å². The number of halogens is 1. The molecular weight excluding hydrogens is 250 g/mol. The summed E-state index contributed by atoms with van der Waals surface area (Å²) < 4.78 is 0. The first-order valence-corrected chi connectivity index (χ1v) is 5.82. The van der Waals surface area contributed by atoms with Crippen LogP contribution in [-0.4, -0.2) is 11.1 Å². The van der Waals surface area contributed by atoms with Crippen LogP contribution in [0.5, 0.6) is 0 Å². The average Bonchev–Trinajstić information content (AvgIpc) is 2.37. The molecule has 0 bridgehead atoms. The first-order valence-electron chi connectivity index (χ1n) is 5.44. The summed E-state index contributed by atoms with van der Waals surface area (Å²) in [6.45, 7) is 1.89. The molecule has 0 aromatic heterocycles. The van der Waals surface area contributed by atoms with Gasteiger partial charge in [-0.1, -0.05) is 35.9 Å². The highest BCUT2D eigenvalue weighted by atomic mass is 35.5. The van der Waals surface area contributed by atoms with Crippen LogP contribution in [0.3, 0.4) is 0 Å². The van der Waals surface area contributed by atoms with Crippen LogP contribution in [0.4, 0.5) is 5.69 Å². The van der Waals surface area contributed by atoms with Gasteiger partial charge in [0, 0.05) is 0 Å². The summed E-state index contributed by atoms with van der Waals surface area (Å²) in [6.07, 6.45) is 0. The van der Waals surface area contributed by atoms with Crippen molar-refractivity contribution in [1.82, 2.24) is 0 Å². The van der Waals surface area contributed by atoms with E-state index in [-0.39, 0.29) is 5.56 Å². The van der Waals surface area contributed by atoms with Gasteiger partial charge < -0.3 is 0 Å². The van der Waals surface area contributed by atoms with Gasteiger partial charge in [-0.05, 0) is 36.8 Å². The van der Waals surface area contributed by atoms with Crippen molar-refractivity contribution in [2.45, 2.75) is 6.92 Å². The smallest absolute Gasteiger partial charge is 0.281 e. The summed E-state index contributed by atoms with van der Waals surface area (Å²) in [5, 5.41) is 10.8. The third-order valence-electron chi connectivity index (χ3n) is 2.54. The second-order valence-corrected chi connectivity index (χ2v) is 4.34. The molecule has 0 saturated carbocycles. The number of benzene rings is 2. The minimum atomic E-state index is -0.550. The van der Waals surface area contributed by atoms with Crippen LogP contribution < -0.4 is 5.06 Å².